The number of hydrogen-bond acceptors (Lipinski definition) is 2. The SMILES string of the molecule is C/C=C/N1C(=O)OC[C@H]1Cc1ccccc1. The minimum atomic E-state index is -0.251. The van der Waals surface area contributed by atoms with Crippen molar-refractivity contribution in [2.75, 3.05) is 6.61 Å². The summed E-state index contributed by atoms with van der Waals surface area (Å²) in [6, 6.07) is 10.3. The van der Waals surface area contributed by atoms with Crippen molar-refractivity contribution in [1.82, 2.24) is 4.90 Å². The molecule has 84 valence electrons. The third-order valence-electron chi connectivity index (χ3n) is 2.63. The maximum absolute atomic E-state index is 11.4. The van der Waals surface area contributed by atoms with Gasteiger partial charge in [-0.05, 0) is 18.9 Å². The van der Waals surface area contributed by atoms with Crippen LogP contribution in [-0.4, -0.2) is 23.6 Å². The van der Waals surface area contributed by atoms with E-state index in [1.807, 2.05) is 31.2 Å². The number of carbonyl (C=O) groups excluding carboxylic acids is 1. The molecule has 1 aromatic rings. The van der Waals surface area contributed by atoms with Crippen LogP contribution in [0.25, 0.3) is 0 Å². The van der Waals surface area contributed by atoms with E-state index in [1.54, 1.807) is 11.1 Å². The highest BCUT2D eigenvalue weighted by Gasteiger charge is 2.30. The normalized spacial score (nSPS) is 20.4. The van der Waals surface area contributed by atoms with Gasteiger partial charge in [0.1, 0.15) is 6.61 Å². The van der Waals surface area contributed by atoms with E-state index in [9.17, 15) is 4.79 Å². The Morgan fingerprint density at radius 3 is 2.88 bits per heavy atom. The maximum atomic E-state index is 11.4. The van der Waals surface area contributed by atoms with Crippen LogP contribution in [0.4, 0.5) is 4.79 Å². The first-order valence-corrected chi connectivity index (χ1v) is 5.43. The van der Waals surface area contributed by atoms with Crippen LogP contribution in [0.5, 0.6) is 0 Å². The first-order valence-electron chi connectivity index (χ1n) is 5.43. The number of amides is 1. The molecule has 16 heavy (non-hydrogen) atoms. The summed E-state index contributed by atoms with van der Waals surface area (Å²) in [6.45, 7) is 2.36. The van der Waals surface area contributed by atoms with Crippen LogP contribution >= 0.6 is 0 Å². The highest BCUT2D eigenvalue weighted by molar-refractivity contribution is 5.71. The van der Waals surface area contributed by atoms with Crippen LogP contribution in [0.1, 0.15) is 12.5 Å². The summed E-state index contributed by atoms with van der Waals surface area (Å²) in [4.78, 5) is 13.1. The van der Waals surface area contributed by atoms with Gasteiger partial charge in [-0.25, -0.2) is 4.79 Å². The van der Waals surface area contributed by atoms with Crippen LogP contribution in [0.3, 0.4) is 0 Å². The van der Waals surface area contributed by atoms with Gasteiger partial charge in [-0.3, -0.25) is 4.90 Å². The molecule has 0 aliphatic carbocycles. The predicted molar refractivity (Wildman–Crippen MR) is 61.9 cm³/mol. The smallest absolute Gasteiger partial charge is 0.414 e. The van der Waals surface area contributed by atoms with E-state index in [2.05, 4.69) is 12.1 Å². The zero-order valence-corrected chi connectivity index (χ0v) is 9.30. The van der Waals surface area contributed by atoms with Gasteiger partial charge >= 0.3 is 6.09 Å². The number of ether oxygens (including phenoxy) is 1. The van der Waals surface area contributed by atoms with Gasteiger partial charge in [0.15, 0.2) is 0 Å². The lowest BCUT2D eigenvalue weighted by Crippen LogP contribution is -2.30. The Bertz CT molecular complexity index is 386. The van der Waals surface area contributed by atoms with E-state index in [1.165, 1.54) is 5.56 Å². The molecule has 0 unspecified atom stereocenters. The minimum absolute atomic E-state index is 0.117. The van der Waals surface area contributed by atoms with Crippen LogP contribution in [-0.2, 0) is 11.2 Å². The molecule has 0 spiro atoms. The van der Waals surface area contributed by atoms with Gasteiger partial charge in [-0.2, -0.15) is 0 Å². The Labute approximate surface area is 95.3 Å². The summed E-state index contributed by atoms with van der Waals surface area (Å²) in [5.41, 5.74) is 1.22. The van der Waals surface area contributed by atoms with E-state index < -0.39 is 0 Å². The van der Waals surface area contributed by atoms with Gasteiger partial charge < -0.3 is 4.74 Å². The molecular formula is C13H15NO2. The lowest BCUT2D eigenvalue weighted by molar-refractivity contribution is 0.166. The zero-order chi connectivity index (χ0) is 11.4. The van der Waals surface area contributed by atoms with Crippen molar-refractivity contribution in [2.45, 2.75) is 19.4 Å². The van der Waals surface area contributed by atoms with Crippen LogP contribution in [0, 0.1) is 0 Å². The molecule has 1 heterocycles. The van der Waals surface area contributed by atoms with Gasteiger partial charge in [0, 0.05) is 6.20 Å². The Balaban J connectivity index is 2.07. The fourth-order valence-electron chi connectivity index (χ4n) is 1.86. The molecule has 1 amide bonds. The number of allylic oxidation sites excluding steroid dienone is 1. The minimum Gasteiger partial charge on any atom is -0.447 e. The van der Waals surface area contributed by atoms with Gasteiger partial charge in [0.2, 0.25) is 0 Å². The van der Waals surface area contributed by atoms with E-state index in [0.29, 0.717) is 6.61 Å². The third-order valence-corrected chi connectivity index (χ3v) is 2.63. The summed E-state index contributed by atoms with van der Waals surface area (Å²) in [5.74, 6) is 0. The monoisotopic (exact) mass is 217 g/mol. The van der Waals surface area contributed by atoms with Crippen molar-refractivity contribution in [3.05, 3.63) is 48.2 Å². The lowest BCUT2D eigenvalue weighted by Gasteiger charge is -2.16. The van der Waals surface area contributed by atoms with E-state index in [-0.39, 0.29) is 12.1 Å². The van der Waals surface area contributed by atoms with E-state index >= 15 is 0 Å². The van der Waals surface area contributed by atoms with Crippen LogP contribution < -0.4 is 0 Å². The van der Waals surface area contributed by atoms with Crippen LogP contribution in [0.2, 0.25) is 0 Å². The van der Waals surface area contributed by atoms with Crippen molar-refractivity contribution in [2.24, 2.45) is 0 Å². The number of carbonyl (C=O) groups is 1. The molecule has 0 bridgehead atoms. The summed E-state index contributed by atoms with van der Waals surface area (Å²) < 4.78 is 5.04. The standard InChI is InChI=1S/C13H15NO2/c1-2-8-14-12(10-16-13(14)15)9-11-6-4-3-5-7-11/h2-8,12H,9-10H2,1H3/b8-2+/t12-/m1/s1. The molecule has 1 saturated heterocycles. The number of cyclic esters (lactones) is 1. The Hall–Kier alpha value is -1.77. The van der Waals surface area contributed by atoms with Gasteiger partial charge in [0.25, 0.3) is 0 Å². The van der Waals surface area contributed by atoms with Crippen molar-refractivity contribution in [1.29, 1.82) is 0 Å². The summed E-state index contributed by atoms with van der Waals surface area (Å²) >= 11 is 0. The average molecular weight is 217 g/mol. The highest BCUT2D eigenvalue weighted by Crippen LogP contribution is 2.17. The molecule has 3 nitrogen and oxygen atoms in total. The Morgan fingerprint density at radius 2 is 2.19 bits per heavy atom. The average Bonchev–Trinajstić information content (AvgIpc) is 2.64. The van der Waals surface area contributed by atoms with Crippen molar-refractivity contribution >= 4 is 6.09 Å². The number of rotatable bonds is 3. The summed E-state index contributed by atoms with van der Waals surface area (Å²) in [6.07, 6.45) is 4.21. The number of benzene rings is 1. The van der Waals surface area contributed by atoms with Crippen LogP contribution in [0.15, 0.2) is 42.6 Å². The first kappa shape index (κ1) is 10.7. The maximum Gasteiger partial charge on any atom is 0.414 e. The number of hydrogen-bond donors (Lipinski definition) is 0. The summed E-state index contributed by atoms with van der Waals surface area (Å²) in [7, 11) is 0. The molecule has 2 rings (SSSR count). The molecular weight excluding hydrogens is 202 g/mol. The molecule has 0 radical (unpaired) electrons. The topological polar surface area (TPSA) is 29.5 Å². The fourth-order valence-corrected chi connectivity index (χ4v) is 1.86. The van der Waals surface area contributed by atoms with Gasteiger partial charge in [-0.15, -0.1) is 0 Å². The van der Waals surface area contributed by atoms with E-state index in [0.717, 1.165) is 6.42 Å². The highest BCUT2D eigenvalue weighted by atomic mass is 16.6. The van der Waals surface area contributed by atoms with Crippen molar-refractivity contribution in [3.63, 3.8) is 0 Å². The second-order valence-corrected chi connectivity index (χ2v) is 3.81. The quantitative estimate of drug-likeness (QED) is 0.778. The molecule has 1 aromatic carbocycles. The first-order chi connectivity index (χ1) is 7.81. The Morgan fingerprint density at radius 1 is 1.44 bits per heavy atom. The largest absolute Gasteiger partial charge is 0.447 e. The number of nitrogens with zero attached hydrogens (tertiary/aromatic N) is 1. The molecule has 1 aliphatic heterocycles. The molecule has 1 atom stereocenters. The fraction of sp³-hybridized carbons (Fsp3) is 0.308. The van der Waals surface area contributed by atoms with Crippen molar-refractivity contribution in [3.8, 4) is 0 Å². The molecule has 0 aromatic heterocycles. The Kier molecular flexibility index (Phi) is 3.25. The van der Waals surface area contributed by atoms with Crippen molar-refractivity contribution < 1.29 is 9.53 Å². The van der Waals surface area contributed by atoms with Gasteiger partial charge in [0.05, 0.1) is 6.04 Å². The molecule has 1 fully saturated rings. The zero-order valence-electron chi connectivity index (χ0n) is 9.30. The lowest BCUT2D eigenvalue weighted by atomic mass is 10.1. The second-order valence-electron chi connectivity index (χ2n) is 3.81. The molecule has 1 aliphatic rings. The molecule has 0 N–H and O–H groups in total. The molecule has 0 saturated carbocycles. The van der Waals surface area contributed by atoms with Gasteiger partial charge in [-0.1, -0.05) is 36.4 Å². The van der Waals surface area contributed by atoms with E-state index in [4.69, 9.17) is 4.74 Å². The molecule has 3 heteroatoms. The third kappa shape index (κ3) is 2.24. The second kappa shape index (κ2) is 4.84. The summed E-state index contributed by atoms with van der Waals surface area (Å²) in [5, 5.41) is 0. The predicted octanol–water partition coefficient (Wildman–Crippen LogP) is 2.58.